The number of carbonyl (C=O) groups is 13. The summed E-state index contributed by atoms with van der Waals surface area (Å²) in [6.07, 6.45) is 9.65. The fraction of sp³-hybridized carbons (Fsp3) is 0.406. The number of hydrogen-bond acceptors (Lipinski definition) is 26. The van der Waals surface area contributed by atoms with E-state index in [0.29, 0.717) is 86.3 Å². The van der Waals surface area contributed by atoms with Gasteiger partial charge in [-0.25, -0.2) is 28.8 Å². The summed E-state index contributed by atoms with van der Waals surface area (Å²) in [6, 6.07) is 6.21. The third-order valence-corrected chi connectivity index (χ3v) is 44.1. The standard InChI is InChI=1S/C38H41N3O4S3.C38H48N2O3S3.C30H25N3O12S3.BH/c1-12-37(11)35-30(38(29(18(2)3)32(46-35)19(4)5)47-33(20(6)7)34(48-38)21(8)9)26-16-23-15-24(39)17-25(23)22(10)31(26)40(37)36(44)45-41-27(42)13-14-28(41)43;1-10-24-21(7)18-23-19-25-34-36(44-27(12-3)26(11-2)38(34)45-28(13-4)29(14-5)46-38)37(9,15-6)40(35(25)22(8)33(23)24)32(43)20-39-30(41)16-17-31(39)42;1-4-29(3)23-17(30(18(24(36)37)20(46-23)25(38)39)47-21(26(40)41)22(48-30)27(42)43)14-8-11-7-12(31)9-13(11)10(2)19(14)32(29)28(44)45-33-15(34)5-6-16(33)35;/h16-17H,2,4,6,8,12-15,39H2,1,3,5,7,9-11H3;19H,10-18,20H2,1-9H3;8-9H,4-7,31H2,1-3H3,(H,36,37)(H,38,39)(H,40,41)(H,42,43);1H/i;;;1D. The summed E-state index contributed by atoms with van der Waals surface area (Å²) in [7, 11) is 3.75. The number of allylic oxidation sites excluding steroid dienone is 11. The van der Waals surface area contributed by atoms with E-state index >= 15 is 0 Å². The van der Waals surface area contributed by atoms with Crippen molar-refractivity contribution in [3.8, 4) is 0 Å². The van der Waals surface area contributed by atoms with Gasteiger partial charge in [-0.1, -0.05) is 175 Å². The van der Waals surface area contributed by atoms with Crippen LogP contribution in [0.3, 0.4) is 0 Å². The maximum atomic E-state index is 14.8. The molecule has 27 nitrogen and oxygen atoms in total. The minimum absolute atomic E-state index is 0.00598. The number of nitrogens with zero attached hydrogens (tertiary/aromatic N) is 6. The second kappa shape index (κ2) is 39.1. The van der Waals surface area contributed by atoms with Gasteiger partial charge in [0.1, 0.15) is 33.5 Å². The molecule has 9 amide bonds. The molecule has 3 atom stereocenters. The predicted molar refractivity (Wildman–Crippen MR) is 579 cm³/mol. The first-order valence-electron chi connectivity index (χ1n) is 48.0. The van der Waals surface area contributed by atoms with Gasteiger partial charge in [-0.3, -0.25) is 53.2 Å². The SMILES string of the molecule is C=C(C)C1=C(C(=C)C)SC2(S1)C(C(=C)C)=C(C(=C)C)SC1=C2c2cc3c(c(C)c2N(C(=O)ON2C(=O)CCC2=O)C1(C)CC)C=C(N)C3.CCC1(C)C2=C(c3cc4c(c(C)c3N1C(=O)ON1C(=O)CCC1=O)C=C(N)C4)C1(SC(C(=O)O)=C(C(=O)O)S1)C(C(=O)O)=C(C(=O)O)S2.CCC1=C(CC)SC2(S1)C(CC)=C(CC)SC1=C2c2cc3c(c(C)c2N(C(=O)CN2C(=O)CCC2=O)C1(C)CC)C(CC)=C(C)C3.[2H][B]. The third-order valence-electron chi connectivity index (χ3n) is 29.1. The maximum Gasteiger partial charge on any atom is 0.440 e. The summed E-state index contributed by atoms with van der Waals surface area (Å²) in [5.41, 5.74) is 33.9. The molecule has 0 bridgehead atoms. The highest BCUT2D eigenvalue weighted by molar-refractivity contribution is 8.27. The molecule has 3 aliphatic carbocycles. The first-order valence-corrected chi connectivity index (χ1v) is 54.7. The third kappa shape index (κ3) is 16.5. The van der Waals surface area contributed by atoms with E-state index in [-0.39, 0.29) is 101 Å². The van der Waals surface area contributed by atoms with E-state index in [1.165, 1.54) is 62.8 Å². The zero-order chi connectivity index (χ0) is 106. The molecular formula is C106H115BN8O19S9. The van der Waals surface area contributed by atoms with Gasteiger partial charge >= 0.3 is 36.1 Å². The van der Waals surface area contributed by atoms with Crippen molar-refractivity contribution in [1.29, 1.82) is 1.34 Å². The van der Waals surface area contributed by atoms with Crippen LogP contribution in [0.4, 0.5) is 26.7 Å². The van der Waals surface area contributed by atoms with Crippen molar-refractivity contribution in [2.24, 2.45) is 11.5 Å². The summed E-state index contributed by atoms with van der Waals surface area (Å²) in [5, 5.41) is 42.1. The molecule has 750 valence electrons. The van der Waals surface area contributed by atoms with Crippen molar-refractivity contribution in [2.75, 3.05) is 21.2 Å². The van der Waals surface area contributed by atoms with Crippen LogP contribution in [0.2, 0.25) is 0 Å². The molecular weight excluding hydrogens is 1990 g/mol. The van der Waals surface area contributed by atoms with E-state index in [9.17, 15) is 82.8 Å². The van der Waals surface area contributed by atoms with Crippen LogP contribution in [0.15, 0.2) is 159 Å². The van der Waals surface area contributed by atoms with Crippen LogP contribution in [-0.2, 0) is 81.7 Å². The normalized spacial score (nSPS) is 22.9. The molecule has 3 saturated heterocycles. The lowest BCUT2D eigenvalue weighted by Crippen LogP contribution is -2.57. The Morgan fingerprint density at radius 2 is 0.790 bits per heavy atom. The van der Waals surface area contributed by atoms with E-state index in [4.69, 9.17) is 22.5 Å². The lowest BCUT2D eigenvalue weighted by atomic mass is 9.78. The molecule has 37 heteroatoms. The second-order valence-electron chi connectivity index (χ2n) is 38.1. The smallest absolute Gasteiger partial charge is 0.440 e. The number of imide groups is 3. The second-order valence-corrected chi connectivity index (χ2v) is 49.5. The van der Waals surface area contributed by atoms with Crippen molar-refractivity contribution in [2.45, 2.75) is 270 Å². The largest absolute Gasteiger partial charge is 0.478 e. The van der Waals surface area contributed by atoms with Gasteiger partial charge < -0.3 is 41.6 Å². The minimum atomic E-state index is -2.18. The molecule has 3 fully saturated rings. The van der Waals surface area contributed by atoms with Gasteiger partial charge in [-0.05, 0) is 264 Å². The van der Waals surface area contributed by atoms with Gasteiger partial charge in [-0.15, -0.1) is 33.7 Å². The van der Waals surface area contributed by atoms with E-state index in [1.54, 1.807) is 73.1 Å². The van der Waals surface area contributed by atoms with Crippen LogP contribution in [-0.4, -0.2) is 158 Å². The number of amides is 9. The molecule has 18 rings (SSSR count). The molecule has 143 heavy (non-hydrogen) atoms. The number of carboxylic acids is 4. The van der Waals surface area contributed by atoms with Crippen LogP contribution in [0.5, 0.6) is 0 Å². The maximum absolute atomic E-state index is 14.8. The molecule has 8 N–H and O–H groups in total. The lowest BCUT2D eigenvalue weighted by molar-refractivity contribution is -0.172. The molecule has 12 heterocycles. The Morgan fingerprint density at radius 1 is 0.427 bits per heavy atom. The summed E-state index contributed by atoms with van der Waals surface area (Å²) in [6.45, 7) is 56.8. The van der Waals surface area contributed by atoms with Crippen LogP contribution >= 0.6 is 106 Å². The Balaban J connectivity index is 0.000000161. The zero-order valence-electron chi connectivity index (χ0n) is 84.4. The summed E-state index contributed by atoms with van der Waals surface area (Å²) in [5.74, 6) is -9.94. The van der Waals surface area contributed by atoms with Gasteiger partial charge in [0.05, 0.1) is 39.3 Å². The van der Waals surface area contributed by atoms with Gasteiger partial charge in [0.2, 0.25) is 17.7 Å². The molecule has 15 aliphatic rings. The number of hydrogen-bond donors (Lipinski definition) is 6. The number of carboxylic acid groups (broad SMARTS) is 4. The van der Waals surface area contributed by atoms with Crippen molar-refractivity contribution < 1.29 is 92.4 Å². The Kier molecular flexibility index (Phi) is 28.8. The Morgan fingerprint density at radius 3 is 1.16 bits per heavy atom. The van der Waals surface area contributed by atoms with Crippen molar-refractivity contribution >= 4 is 243 Å². The minimum Gasteiger partial charge on any atom is -0.478 e. The molecule has 3 aromatic rings. The number of fused-ring (bicyclic) bond motifs is 12. The number of thioether (sulfide) groups is 9. The van der Waals surface area contributed by atoms with Crippen molar-refractivity contribution in [3.05, 3.63) is 226 Å². The van der Waals surface area contributed by atoms with Crippen LogP contribution in [0, 0.1) is 20.8 Å². The van der Waals surface area contributed by atoms with E-state index in [2.05, 4.69) is 133 Å². The fourth-order valence-corrected chi connectivity index (χ4v) is 38.5. The highest BCUT2D eigenvalue weighted by Gasteiger charge is 2.66. The first-order chi connectivity index (χ1) is 67.9. The number of likely N-dealkylation sites (tertiary alicyclic amines) is 1. The van der Waals surface area contributed by atoms with Crippen LogP contribution in [0.1, 0.15) is 267 Å². The quantitative estimate of drug-likeness (QED) is 0.0452. The van der Waals surface area contributed by atoms with Crippen LogP contribution in [0.25, 0.3) is 34.4 Å². The van der Waals surface area contributed by atoms with Crippen LogP contribution < -0.4 is 26.2 Å². The van der Waals surface area contributed by atoms with Gasteiger partial charge in [0.15, 0.2) is 0 Å². The molecule has 12 aliphatic heterocycles. The summed E-state index contributed by atoms with van der Waals surface area (Å²) < 4.78 is 2.07. The number of aliphatic carboxylic acids is 4. The van der Waals surface area contributed by atoms with E-state index in [0.717, 1.165) is 143 Å². The lowest BCUT2D eigenvalue weighted by Gasteiger charge is -2.53. The highest BCUT2D eigenvalue weighted by atomic mass is 32.2. The first kappa shape index (κ1) is 105. The number of benzene rings is 3. The van der Waals surface area contributed by atoms with E-state index < -0.39 is 105 Å². The van der Waals surface area contributed by atoms with Gasteiger partial charge in [0, 0.05) is 134 Å². The van der Waals surface area contributed by atoms with Gasteiger partial charge in [0.25, 0.3) is 23.6 Å². The molecule has 2 radical (unpaired) electrons. The fourth-order valence-electron chi connectivity index (χ4n) is 22.1. The Bertz CT molecular complexity index is 6540. The zero-order valence-corrected chi connectivity index (χ0v) is 90.8. The van der Waals surface area contributed by atoms with Crippen molar-refractivity contribution in [3.63, 3.8) is 0 Å². The molecule has 3 aromatic carbocycles. The number of anilines is 3. The topological polar surface area (TPSA) is 393 Å². The Labute approximate surface area is 873 Å². The average Bonchev–Trinajstić information content (AvgIpc) is 1.40. The Hall–Kier alpha value is -10.4. The molecule has 3 spiro atoms. The van der Waals surface area contributed by atoms with Crippen molar-refractivity contribution in [1.82, 2.24) is 15.0 Å². The molecule has 0 aromatic heterocycles. The predicted octanol–water partition coefficient (Wildman–Crippen LogP) is 22.4. The number of nitrogens with two attached hydrogens (primary N) is 2. The van der Waals surface area contributed by atoms with E-state index in [1.807, 2.05) is 71.2 Å². The number of carbonyl (C=O) groups excluding carboxylic acids is 9. The number of rotatable bonds is 20. The highest BCUT2D eigenvalue weighted by Crippen LogP contribution is 2.78. The molecule has 0 saturated carbocycles. The molecule has 3 unspecified atom stereocenters. The van der Waals surface area contributed by atoms with Gasteiger partial charge in [-0.2, -0.15) is 0 Å². The summed E-state index contributed by atoms with van der Waals surface area (Å²) >= 11 is 12.5. The monoisotopic (exact) mass is 2100 g/mol. The number of hydroxylamine groups is 4. The average molecular weight is 2110 g/mol. The summed E-state index contributed by atoms with van der Waals surface area (Å²) in [4.78, 5) is 195.